The Morgan fingerprint density at radius 2 is 2.16 bits per heavy atom. The summed E-state index contributed by atoms with van der Waals surface area (Å²) < 4.78 is 43.9. The van der Waals surface area contributed by atoms with E-state index in [0.29, 0.717) is 12.3 Å². The van der Waals surface area contributed by atoms with Gasteiger partial charge in [0.2, 0.25) is 0 Å². The molecule has 0 saturated carbocycles. The molecule has 2 aromatic rings. The first kappa shape index (κ1) is 14.1. The molecule has 2 aromatic heterocycles. The number of alkyl halides is 3. The molecule has 0 aliphatic heterocycles. The predicted octanol–water partition coefficient (Wildman–Crippen LogP) is 3.84. The van der Waals surface area contributed by atoms with Crippen LogP contribution < -0.4 is 5.32 Å². The third kappa shape index (κ3) is 2.98. The summed E-state index contributed by atoms with van der Waals surface area (Å²) in [4.78, 5) is 3.88. The van der Waals surface area contributed by atoms with Crippen LogP contribution in [0.1, 0.15) is 23.1 Å². The first-order chi connectivity index (χ1) is 8.93. The van der Waals surface area contributed by atoms with Crippen molar-refractivity contribution in [3.63, 3.8) is 0 Å². The number of nitrogens with zero attached hydrogens (tertiary/aromatic N) is 1. The molecule has 0 aliphatic carbocycles. The molecule has 0 radical (unpaired) electrons. The molecule has 1 N–H and O–H groups in total. The summed E-state index contributed by atoms with van der Waals surface area (Å²) in [5, 5.41) is 3.16. The normalized spacial score (nSPS) is 12.1. The van der Waals surface area contributed by atoms with Gasteiger partial charge in [-0.2, -0.15) is 13.2 Å². The van der Waals surface area contributed by atoms with Gasteiger partial charge in [0.15, 0.2) is 16.5 Å². The Balaban J connectivity index is 2.43. The van der Waals surface area contributed by atoms with Crippen molar-refractivity contribution >= 4 is 11.3 Å². The van der Waals surface area contributed by atoms with Crippen molar-refractivity contribution in [2.24, 2.45) is 0 Å². The summed E-state index contributed by atoms with van der Waals surface area (Å²) >= 11 is 1.01. The number of halogens is 3. The Hall–Kier alpha value is -1.34. The molecule has 104 valence electrons. The zero-order valence-electron chi connectivity index (χ0n) is 10.5. The van der Waals surface area contributed by atoms with E-state index in [-0.39, 0.29) is 16.4 Å². The number of aryl methyl sites for hydroxylation is 1. The van der Waals surface area contributed by atoms with E-state index in [1.807, 2.05) is 6.92 Å². The fraction of sp³-hybridized carbons (Fsp3) is 0.417. The quantitative estimate of drug-likeness (QED) is 0.929. The Morgan fingerprint density at radius 1 is 1.42 bits per heavy atom. The van der Waals surface area contributed by atoms with Gasteiger partial charge in [-0.25, -0.2) is 4.98 Å². The number of rotatable bonds is 4. The van der Waals surface area contributed by atoms with Crippen molar-refractivity contribution in [3.8, 4) is 10.8 Å². The Morgan fingerprint density at radius 3 is 2.68 bits per heavy atom. The summed E-state index contributed by atoms with van der Waals surface area (Å²) in [5.74, 6) is 0.401. The monoisotopic (exact) mass is 290 g/mol. The van der Waals surface area contributed by atoms with E-state index in [4.69, 9.17) is 4.42 Å². The van der Waals surface area contributed by atoms with Gasteiger partial charge < -0.3 is 9.73 Å². The van der Waals surface area contributed by atoms with Crippen molar-refractivity contribution in [3.05, 3.63) is 28.5 Å². The average molecular weight is 290 g/mol. The highest BCUT2D eigenvalue weighted by molar-refractivity contribution is 7.15. The van der Waals surface area contributed by atoms with E-state index in [1.165, 1.54) is 6.26 Å². The lowest BCUT2D eigenvalue weighted by Gasteiger charge is -2.05. The van der Waals surface area contributed by atoms with Crippen molar-refractivity contribution < 1.29 is 17.6 Å². The van der Waals surface area contributed by atoms with Gasteiger partial charge in [-0.3, -0.25) is 0 Å². The summed E-state index contributed by atoms with van der Waals surface area (Å²) in [6.45, 7) is 4.37. The fourth-order valence-electron chi connectivity index (χ4n) is 1.62. The van der Waals surface area contributed by atoms with Crippen molar-refractivity contribution in [2.45, 2.75) is 26.6 Å². The SMILES string of the molecule is CCNCc1sc(-c2occc2C)nc1C(F)(F)F. The van der Waals surface area contributed by atoms with Crippen LogP contribution in [0.5, 0.6) is 0 Å². The van der Waals surface area contributed by atoms with Gasteiger partial charge in [0.25, 0.3) is 0 Å². The molecule has 19 heavy (non-hydrogen) atoms. The number of hydrogen-bond acceptors (Lipinski definition) is 4. The number of hydrogen-bond donors (Lipinski definition) is 1. The van der Waals surface area contributed by atoms with Crippen LogP contribution in [0.25, 0.3) is 10.8 Å². The first-order valence-corrected chi connectivity index (χ1v) is 6.57. The molecule has 2 rings (SSSR count). The predicted molar refractivity (Wildman–Crippen MR) is 66.9 cm³/mol. The van der Waals surface area contributed by atoms with Crippen LogP contribution in [0, 0.1) is 6.92 Å². The van der Waals surface area contributed by atoms with Crippen LogP contribution in [-0.4, -0.2) is 11.5 Å². The molecule has 0 fully saturated rings. The smallest absolute Gasteiger partial charge is 0.434 e. The zero-order chi connectivity index (χ0) is 14.0. The van der Waals surface area contributed by atoms with Crippen molar-refractivity contribution in [2.75, 3.05) is 6.54 Å². The van der Waals surface area contributed by atoms with Gasteiger partial charge >= 0.3 is 6.18 Å². The second-order valence-corrected chi connectivity index (χ2v) is 5.09. The van der Waals surface area contributed by atoms with Crippen molar-refractivity contribution in [1.29, 1.82) is 0 Å². The highest BCUT2D eigenvalue weighted by atomic mass is 32.1. The lowest BCUT2D eigenvalue weighted by molar-refractivity contribution is -0.141. The molecule has 2 heterocycles. The van der Waals surface area contributed by atoms with E-state index in [9.17, 15) is 13.2 Å². The van der Waals surface area contributed by atoms with Crippen LogP contribution >= 0.6 is 11.3 Å². The molecule has 0 unspecified atom stereocenters. The lowest BCUT2D eigenvalue weighted by Crippen LogP contribution is -2.15. The summed E-state index contributed by atoms with van der Waals surface area (Å²) in [6, 6.07) is 1.70. The highest BCUT2D eigenvalue weighted by Crippen LogP contribution is 2.38. The standard InChI is InChI=1S/C12H13F3N2OS/c1-3-16-6-8-10(12(13,14)15)17-11(19-8)9-7(2)4-5-18-9/h4-5,16H,3,6H2,1-2H3. The van der Waals surface area contributed by atoms with Crippen LogP contribution in [0.2, 0.25) is 0 Å². The number of nitrogens with one attached hydrogen (secondary N) is 1. The molecular formula is C12H13F3N2OS. The minimum Gasteiger partial charge on any atom is -0.462 e. The molecule has 0 bridgehead atoms. The Labute approximate surface area is 112 Å². The fourth-order valence-corrected chi connectivity index (χ4v) is 2.72. The number of aromatic nitrogens is 1. The van der Waals surface area contributed by atoms with E-state index in [0.717, 1.165) is 16.9 Å². The van der Waals surface area contributed by atoms with Gasteiger partial charge in [0, 0.05) is 6.54 Å². The van der Waals surface area contributed by atoms with Gasteiger partial charge in [-0.05, 0) is 25.1 Å². The Kier molecular flexibility index (Phi) is 3.96. The molecule has 0 atom stereocenters. The molecule has 0 aromatic carbocycles. The first-order valence-electron chi connectivity index (χ1n) is 5.75. The average Bonchev–Trinajstić information content (AvgIpc) is 2.91. The molecule has 3 nitrogen and oxygen atoms in total. The molecule has 0 saturated heterocycles. The van der Waals surface area contributed by atoms with Crippen molar-refractivity contribution in [1.82, 2.24) is 10.3 Å². The summed E-state index contributed by atoms with van der Waals surface area (Å²) in [6.07, 6.45) is -3.00. The number of thiazole rings is 1. The molecule has 7 heteroatoms. The van der Waals surface area contributed by atoms with Crippen LogP contribution in [-0.2, 0) is 12.7 Å². The third-order valence-corrected chi connectivity index (χ3v) is 3.61. The maximum atomic E-state index is 12.9. The zero-order valence-corrected chi connectivity index (χ0v) is 11.3. The maximum Gasteiger partial charge on any atom is 0.434 e. The van der Waals surface area contributed by atoms with E-state index in [2.05, 4.69) is 10.3 Å². The topological polar surface area (TPSA) is 38.1 Å². The highest BCUT2D eigenvalue weighted by Gasteiger charge is 2.37. The van der Waals surface area contributed by atoms with Gasteiger partial charge in [-0.15, -0.1) is 11.3 Å². The summed E-state index contributed by atoms with van der Waals surface area (Å²) in [5.41, 5.74) is -0.0540. The van der Waals surface area contributed by atoms with Crippen LogP contribution in [0.15, 0.2) is 16.7 Å². The van der Waals surface area contributed by atoms with Gasteiger partial charge in [0.05, 0.1) is 11.1 Å². The summed E-state index contributed by atoms with van der Waals surface area (Å²) in [7, 11) is 0. The number of furan rings is 1. The lowest BCUT2D eigenvalue weighted by atomic mass is 10.3. The Bertz CT molecular complexity index is 560. The van der Waals surface area contributed by atoms with Gasteiger partial charge in [0.1, 0.15) is 0 Å². The second kappa shape index (κ2) is 5.34. The molecule has 0 amide bonds. The van der Waals surface area contributed by atoms with Crippen LogP contribution in [0.3, 0.4) is 0 Å². The molecule has 0 aliphatic rings. The van der Waals surface area contributed by atoms with E-state index in [1.54, 1.807) is 13.0 Å². The second-order valence-electron chi connectivity index (χ2n) is 4.00. The maximum absolute atomic E-state index is 12.9. The van der Waals surface area contributed by atoms with Gasteiger partial charge in [-0.1, -0.05) is 6.92 Å². The van der Waals surface area contributed by atoms with E-state index < -0.39 is 11.9 Å². The van der Waals surface area contributed by atoms with Crippen LogP contribution in [0.4, 0.5) is 13.2 Å². The molecular weight excluding hydrogens is 277 g/mol. The third-order valence-electron chi connectivity index (χ3n) is 2.56. The minimum absolute atomic E-state index is 0.156. The van der Waals surface area contributed by atoms with E-state index >= 15 is 0 Å². The molecule has 0 spiro atoms. The minimum atomic E-state index is -4.44. The largest absolute Gasteiger partial charge is 0.462 e.